The zero-order chi connectivity index (χ0) is 13.3. The van der Waals surface area contributed by atoms with Crippen LogP contribution in [0.3, 0.4) is 0 Å². The van der Waals surface area contributed by atoms with Gasteiger partial charge in [-0.15, -0.1) is 0 Å². The molecule has 6 nitrogen and oxygen atoms in total. The molecule has 1 aliphatic rings. The highest BCUT2D eigenvalue weighted by Gasteiger charge is 2.26. The monoisotopic (exact) mass is 267 g/mol. The van der Waals surface area contributed by atoms with Crippen LogP contribution in [0.2, 0.25) is 0 Å². The van der Waals surface area contributed by atoms with Crippen molar-refractivity contribution in [2.45, 2.75) is 18.2 Å². The number of amides is 2. The van der Waals surface area contributed by atoms with Crippen molar-refractivity contribution < 1.29 is 18.0 Å². The van der Waals surface area contributed by atoms with Gasteiger partial charge in [0.15, 0.2) is 9.84 Å². The molecule has 0 spiro atoms. The fraction of sp³-hybridized carbons (Fsp3) is 0.273. The maximum absolute atomic E-state index is 11.8. The lowest BCUT2D eigenvalue weighted by atomic mass is 10.2. The third kappa shape index (κ3) is 2.21. The molecule has 2 rings (SSSR count). The van der Waals surface area contributed by atoms with E-state index in [0.29, 0.717) is 12.1 Å². The molecule has 1 heterocycles. The average molecular weight is 267 g/mol. The van der Waals surface area contributed by atoms with E-state index >= 15 is 0 Å². The van der Waals surface area contributed by atoms with E-state index in [0.717, 1.165) is 0 Å². The van der Waals surface area contributed by atoms with Crippen molar-refractivity contribution in [3.8, 4) is 0 Å². The van der Waals surface area contributed by atoms with Crippen LogP contribution in [0.5, 0.6) is 0 Å². The van der Waals surface area contributed by atoms with Crippen molar-refractivity contribution in [3.63, 3.8) is 0 Å². The summed E-state index contributed by atoms with van der Waals surface area (Å²) in [6.07, 6.45) is 0.506. The van der Waals surface area contributed by atoms with Crippen molar-refractivity contribution in [3.05, 3.63) is 18.2 Å². The molecule has 1 aromatic rings. The van der Waals surface area contributed by atoms with Gasteiger partial charge >= 0.3 is 11.8 Å². The summed E-state index contributed by atoms with van der Waals surface area (Å²) in [7, 11) is -3.36. The van der Waals surface area contributed by atoms with Crippen LogP contribution < -0.4 is 10.6 Å². The quantitative estimate of drug-likeness (QED) is 0.811. The predicted octanol–water partition coefficient (Wildman–Crippen LogP) is 0.585. The van der Waals surface area contributed by atoms with Gasteiger partial charge in [-0.25, -0.2) is 13.7 Å². The predicted molar refractivity (Wildman–Crippen MR) is 64.2 cm³/mol. The summed E-state index contributed by atoms with van der Waals surface area (Å²) >= 11 is 0. The van der Waals surface area contributed by atoms with Crippen molar-refractivity contribution in [2.75, 3.05) is 11.1 Å². The van der Waals surface area contributed by atoms with Crippen LogP contribution in [-0.4, -0.2) is 26.0 Å². The van der Waals surface area contributed by atoms with Crippen LogP contribution in [-0.2, 0) is 19.4 Å². The van der Waals surface area contributed by atoms with Gasteiger partial charge in [0.25, 0.3) is 0 Å². The molecule has 0 atom stereocenters. The Hall–Kier alpha value is -1.89. The number of carbonyl (C=O) groups excluding carboxylic acids is 2. The number of hydrogen-bond acceptors (Lipinski definition) is 4. The van der Waals surface area contributed by atoms with Gasteiger partial charge in [0, 0.05) is 0 Å². The first-order chi connectivity index (χ1) is 8.44. The van der Waals surface area contributed by atoms with Crippen molar-refractivity contribution in [1.82, 2.24) is 5.32 Å². The van der Waals surface area contributed by atoms with Crippen LogP contribution in [0.4, 0.5) is 11.4 Å². The normalized spacial score (nSPS) is 14.7. The van der Waals surface area contributed by atoms with Gasteiger partial charge in [-0.3, -0.25) is 9.59 Å². The second-order valence-electron chi connectivity index (χ2n) is 3.87. The van der Waals surface area contributed by atoms with Gasteiger partial charge in [0.1, 0.15) is 0 Å². The largest absolute Gasteiger partial charge is 0.335 e. The summed E-state index contributed by atoms with van der Waals surface area (Å²) in [6.45, 7) is 1.77. The highest BCUT2D eigenvalue weighted by atomic mass is 32.2. The Bertz CT molecular complexity index is 622. The third-order valence-corrected chi connectivity index (χ3v) is 4.38. The summed E-state index contributed by atoms with van der Waals surface area (Å²) < 4.78 is 23.7. The third-order valence-electron chi connectivity index (χ3n) is 2.47. The van der Waals surface area contributed by atoms with Gasteiger partial charge in [0.05, 0.1) is 22.0 Å². The number of carbonyl (C=O) groups is 2. The second kappa shape index (κ2) is 4.41. The van der Waals surface area contributed by atoms with E-state index in [-0.39, 0.29) is 16.3 Å². The summed E-state index contributed by atoms with van der Waals surface area (Å²) in [4.78, 5) is 22.3. The molecular weight excluding hydrogens is 256 g/mol. The first kappa shape index (κ1) is 12.6. The number of rotatable bonds is 3. The molecule has 95 valence electrons. The standard InChI is InChI=1S/C11H11N2O4S/c1-2-5-18(16,17)7-3-4-8-9(6-7)13-11(15)10(14)12-8/h3-4,6H,2,5H2,1H3,(H,12,14). The number of sulfone groups is 1. The number of anilines is 1. The Morgan fingerprint density at radius 3 is 2.67 bits per heavy atom. The van der Waals surface area contributed by atoms with Gasteiger partial charge in [0.2, 0.25) is 0 Å². The SMILES string of the molecule is CCCS(=O)(=O)c1ccc2c(c1)[N]C(=O)C(=O)N2. The molecule has 7 heteroatoms. The smallest absolute Gasteiger partial charge is 0.316 e. The van der Waals surface area contributed by atoms with E-state index in [4.69, 9.17) is 0 Å². The highest BCUT2D eigenvalue weighted by Crippen LogP contribution is 2.28. The molecule has 1 N–H and O–H groups in total. The van der Waals surface area contributed by atoms with Crippen molar-refractivity contribution in [2.24, 2.45) is 0 Å². The molecule has 0 saturated heterocycles. The second-order valence-corrected chi connectivity index (χ2v) is 5.98. The summed E-state index contributed by atoms with van der Waals surface area (Å²) in [6, 6.07) is 4.14. The first-order valence-electron chi connectivity index (χ1n) is 5.38. The van der Waals surface area contributed by atoms with Crippen LogP contribution in [0.1, 0.15) is 13.3 Å². The van der Waals surface area contributed by atoms with Crippen LogP contribution in [0.15, 0.2) is 23.1 Å². The molecule has 1 aliphatic heterocycles. The summed E-state index contributed by atoms with van der Waals surface area (Å²) in [5.74, 6) is -1.70. The molecule has 0 unspecified atom stereocenters. The molecule has 1 radical (unpaired) electrons. The number of benzene rings is 1. The van der Waals surface area contributed by atoms with E-state index < -0.39 is 21.7 Å². The van der Waals surface area contributed by atoms with Gasteiger partial charge < -0.3 is 5.32 Å². The number of fused-ring (bicyclic) bond motifs is 1. The molecule has 1 aromatic carbocycles. The van der Waals surface area contributed by atoms with Gasteiger partial charge in [-0.05, 0) is 24.6 Å². The maximum Gasteiger partial charge on any atom is 0.335 e. The molecule has 2 amide bonds. The van der Waals surface area contributed by atoms with Gasteiger partial charge in [-0.2, -0.15) is 0 Å². The lowest BCUT2D eigenvalue weighted by Gasteiger charge is -2.15. The lowest BCUT2D eigenvalue weighted by molar-refractivity contribution is -0.135. The Labute approximate surface area is 104 Å². The zero-order valence-corrected chi connectivity index (χ0v) is 10.5. The van der Waals surface area contributed by atoms with E-state index in [2.05, 4.69) is 10.6 Å². The highest BCUT2D eigenvalue weighted by molar-refractivity contribution is 7.91. The fourth-order valence-electron chi connectivity index (χ4n) is 1.63. The Kier molecular flexibility index (Phi) is 3.08. The molecule has 0 fully saturated rings. The molecule has 0 aliphatic carbocycles. The Morgan fingerprint density at radius 1 is 1.28 bits per heavy atom. The molecule has 0 bridgehead atoms. The minimum atomic E-state index is -3.36. The maximum atomic E-state index is 11.8. The topological polar surface area (TPSA) is 94.4 Å². The van der Waals surface area contributed by atoms with Crippen LogP contribution >= 0.6 is 0 Å². The molecule has 0 saturated carbocycles. The van der Waals surface area contributed by atoms with E-state index in [9.17, 15) is 18.0 Å². The average Bonchev–Trinajstić information content (AvgIpc) is 2.30. The number of nitrogens with one attached hydrogen (secondary N) is 1. The first-order valence-corrected chi connectivity index (χ1v) is 7.03. The molecular formula is C11H11N2O4S. The number of hydrogen-bond donors (Lipinski definition) is 1. The van der Waals surface area contributed by atoms with Crippen molar-refractivity contribution in [1.29, 1.82) is 0 Å². The minimum Gasteiger partial charge on any atom is -0.316 e. The fourth-order valence-corrected chi connectivity index (χ4v) is 2.97. The van der Waals surface area contributed by atoms with Crippen LogP contribution in [0.25, 0.3) is 0 Å². The van der Waals surface area contributed by atoms with E-state index in [1.54, 1.807) is 6.92 Å². The Balaban J connectivity index is 2.42. The van der Waals surface area contributed by atoms with Crippen molar-refractivity contribution >= 4 is 33.0 Å². The Morgan fingerprint density at radius 2 is 2.00 bits per heavy atom. The lowest BCUT2D eigenvalue weighted by Crippen LogP contribution is -2.33. The van der Waals surface area contributed by atoms with Crippen LogP contribution in [0, 0.1) is 0 Å². The van der Waals surface area contributed by atoms with E-state index in [1.807, 2.05) is 0 Å². The summed E-state index contributed by atoms with van der Waals surface area (Å²) in [5, 5.41) is 5.89. The number of nitrogens with zero attached hydrogens (tertiary/aromatic N) is 1. The summed E-state index contributed by atoms with van der Waals surface area (Å²) in [5.41, 5.74) is 0.520. The van der Waals surface area contributed by atoms with E-state index in [1.165, 1.54) is 18.2 Å². The minimum absolute atomic E-state index is 0.0338. The van der Waals surface area contributed by atoms with Gasteiger partial charge in [-0.1, -0.05) is 6.92 Å². The molecule has 18 heavy (non-hydrogen) atoms. The zero-order valence-electron chi connectivity index (χ0n) is 9.63. The molecule has 0 aromatic heterocycles.